The van der Waals surface area contributed by atoms with Crippen LogP contribution in [0.5, 0.6) is 5.75 Å². The molecule has 1 heterocycles. The van der Waals surface area contributed by atoms with E-state index >= 15 is 0 Å². The number of carbonyl (C=O) groups is 1. The molecule has 4 N–H and O–H groups in total. The summed E-state index contributed by atoms with van der Waals surface area (Å²) in [6, 6.07) is -0.730. The van der Waals surface area contributed by atoms with E-state index in [0.29, 0.717) is 16.8 Å². The molecule has 0 spiro atoms. The molecule has 1 rings (SSSR count). The molecule has 0 amide bonds. The molecule has 1 atom stereocenters. The summed E-state index contributed by atoms with van der Waals surface area (Å²) in [4.78, 5) is 15.0. The Morgan fingerprint density at radius 1 is 1.65 bits per heavy atom. The quantitative estimate of drug-likeness (QED) is 0.647. The van der Waals surface area contributed by atoms with Gasteiger partial charge in [-0.05, 0) is 6.92 Å². The van der Waals surface area contributed by atoms with Crippen LogP contribution in [0.2, 0.25) is 0 Å². The molecule has 0 aromatic carbocycles. The third-order valence-corrected chi connectivity index (χ3v) is 2.51. The molecule has 17 heavy (non-hydrogen) atoms. The normalized spacial score (nSPS) is 12.2. The van der Waals surface area contributed by atoms with Gasteiger partial charge in [0.25, 0.3) is 0 Å². The van der Waals surface area contributed by atoms with Crippen molar-refractivity contribution in [2.45, 2.75) is 26.0 Å². The van der Waals surface area contributed by atoms with Crippen molar-refractivity contribution >= 4 is 5.97 Å². The van der Waals surface area contributed by atoms with Crippen LogP contribution in [0.3, 0.4) is 0 Å². The van der Waals surface area contributed by atoms with Gasteiger partial charge in [-0.2, -0.15) is 0 Å². The number of hydrogen-bond acceptors (Lipinski definition) is 6. The maximum absolute atomic E-state index is 11.1. The number of aryl methyl sites for hydroxylation is 1. The summed E-state index contributed by atoms with van der Waals surface area (Å²) in [5, 5.41) is 19.0. The monoisotopic (exact) mass is 240 g/mol. The van der Waals surface area contributed by atoms with Crippen molar-refractivity contribution in [1.29, 1.82) is 0 Å². The number of aliphatic hydroxyl groups excluding tert-OH is 1. The maximum Gasteiger partial charge on any atom is 0.307 e. The zero-order valence-corrected chi connectivity index (χ0v) is 9.80. The van der Waals surface area contributed by atoms with Crippen LogP contribution >= 0.6 is 0 Å². The fourth-order valence-electron chi connectivity index (χ4n) is 1.56. The SMILES string of the molecule is COC(=O)C[C@@H](N)c1c(CO)cnc(C)c1O. The number of pyridine rings is 1. The molecule has 0 aliphatic heterocycles. The van der Waals surface area contributed by atoms with Crippen LogP contribution < -0.4 is 5.73 Å². The minimum absolute atomic E-state index is 0.0689. The lowest BCUT2D eigenvalue weighted by atomic mass is 9.98. The Hall–Kier alpha value is -1.66. The molecule has 0 radical (unpaired) electrons. The van der Waals surface area contributed by atoms with Gasteiger partial charge >= 0.3 is 5.97 Å². The van der Waals surface area contributed by atoms with E-state index in [1.165, 1.54) is 13.3 Å². The third-order valence-electron chi connectivity index (χ3n) is 2.51. The number of ether oxygens (including phenoxy) is 1. The van der Waals surface area contributed by atoms with E-state index in [-0.39, 0.29) is 18.8 Å². The number of aromatic hydroxyl groups is 1. The van der Waals surface area contributed by atoms with Crippen LogP contribution in [-0.2, 0) is 16.1 Å². The summed E-state index contributed by atoms with van der Waals surface area (Å²) in [5.41, 5.74) is 6.96. The van der Waals surface area contributed by atoms with Gasteiger partial charge in [-0.3, -0.25) is 9.78 Å². The largest absolute Gasteiger partial charge is 0.506 e. The fourth-order valence-corrected chi connectivity index (χ4v) is 1.56. The standard InChI is InChI=1S/C11H16N2O4/c1-6-11(16)10(7(5-14)4-13-6)8(12)3-9(15)17-2/h4,8,14,16H,3,5,12H2,1-2H3/t8-/m1/s1. The van der Waals surface area contributed by atoms with Gasteiger partial charge in [0.1, 0.15) is 5.75 Å². The summed E-state index contributed by atoms with van der Waals surface area (Å²) in [5.74, 6) is -0.566. The van der Waals surface area contributed by atoms with Crippen LogP contribution in [0.15, 0.2) is 6.20 Å². The molecule has 0 bridgehead atoms. The van der Waals surface area contributed by atoms with Gasteiger partial charge in [0.2, 0.25) is 0 Å². The molecule has 0 aliphatic rings. The van der Waals surface area contributed by atoms with Gasteiger partial charge in [-0.15, -0.1) is 0 Å². The van der Waals surface area contributed by atoms with Gasteiger partial charge < -0.3 is 20.7 Å². The highest BCUT2D eigenvalue weighted by molar-refractivity contribution is 5.70. The molecule has 0 fully saturated rings. The minimum atomic E-state index is -0.730. The van der Waals surface area contributed by atoms with Gasteiger partial charge in [0, 0.05) is 23.4 Å². The molecule has 0 saturated carbocycles. The number of esters is 1. The Morgan fingerprint density at radius 2 is 2.29 bits per heavy atom. The number of methoxy groups -OCH3 is 1. The smallest absolute Gasteiger partial charge is 0.307 e. The highest BCUT2D eigenvalue weighted by Gasteiger charge is 2.20. The van der Waals surface area contributed by atoms with Crippen LogP contribution in [0, 0.1) is 6.92 Å². The molecular formula is C11H16N2O4. The minimum Gasteiger partial charge on any atom is -0.506 e. The van der Waals surface area contributed by atoms with E-state index in [9.17, 15) is 9.90 Å². The average Bonchev–Trinajstić information content (AvgIpc) is 2.31. The van der Waals surface area contributed by atoms with E-state index < -0.39 is 12.0 Å². The second-order valence-corrected chi connectivity index (χ2v) is 3.68. The molecule has 94 valence electrons. The molecule has 1 aromatic rings. The number of aliphatic hydroxyl groups is 1. The number of carbonyl (C=O) groups excluding carboxylic acids is 1. The molecule has 0 unspecified atom stereocenters. The Labute approximate surface area is 99.0 Å². The Balaban J connectivity index is 3.10. The second-order valence-electron chi connectivity index (χ2n) is 3.68. The van der Waals surface area contributed by atoms with Crippen molar-refractivity contribution in [2.24, 2.45) is 5.73 Å². The van der Waals surface area contributed by atoms with Crippen molar-refractivity contribution in [1.82, 2.24) is 4.98 Å². The average molecular weight is 240 g/mol. The summed E-state index contributed by atoms with van der Waals surface area (Å²) < 4.78 is 4.51. The first kappa shape index (κ1) is 13.4. The molecule has 6 nitrogen and oxygen atoms in total. The van der Waals surface area contributed by atoms with E-state index in [0.717, 1.165) is 0 Å². The first-order valence-electron chi connectivity index (χ1n) is 5.11. The number of aromatic nitrogens is 1. The molecule has 0 aliphatic carbocycles. The van der Waals surface area contributed by atoms with E-state index in [1.54, 1.807) is 6.92 Å². The first-order chi connectivity index (χ1) is 8.01. The van der Waals surface area contributed by atoms with Crippen molar-refractivity contribution < 1.29 is 19.7 Å². The lowest BCUT2D eigenvalue weighted by Gasteiger charge is -2.16. The zero-order valence-electron chi connectivity index (χ0n) is 9.80. The number of rotatable bonds is 4. The predicted octanol–water partition coefficient (Wildman–Crippen LogP) is 0.151. The highest BCUT2D eigenvalue weighted by atomic mass is 16.5. The Kier molecular flexibility index (Phi) is 4.42. The number of hydrogen-bond donors (Lipinski definition) is 3. The van der Waals surface area contributed by atoms with Crippen LogP contribution in [0.1, 0.15) is 29.3 Å². The highest BCUT2D eigenvalue weighted by Crippen LogP contribution is 2.30. The summed E-state index contributed by atoms with van der Waals surface area (Å²) in [6.07, 6.45) is 1.36. The predicted molar refractivity (Wildman–Crippen MR) is 60.1 cm³/mol. The Bertz CT molecular complexity index is 420. The van der Waals surface area contributed by atoms with E-state index in [4.69, 9.17) is 10.8 Å². The third kappa shape index (κ3) is 2.92. The summed E-state index contributed by atoms with van der Waals surface area (Å²) in [6.45, 7) is 1.32. The summed E-state index contributed by atoms with van der Waals surface area (Å²) >= 11 is 0. The van der Waals surface area contributed by atoms with Gasteiger partial charge in [-0.25, -0.2) is 0 Å². The summed E-state index contributed by atoms with van der Waals surface area (Å²) in [7, 11) is 1.26. The van der Waals surface area contributed by atoms with E-state index in [1.807, 2.05) is 0 Å². The second kappa shape index (κ2) is 5.60. The van der Waals surface area contributed by atoms with E-state index in [2.05, 4.69) is 9.72 Å². The lowest BCUT2D eigenvalue weighted by Crippen LogP contribution is -2.18. The van der Waals surface area contributed by atoms with Crippen molar-refractivity contribution in [3.05, 3.63) is 23.0 Å². The topological polar surface area (TPSA) is 106 Å². The number of nitrogens with zero attached hydrogens (tertiary/aromatic N) is 1. The molecule has 0 saturated heterocycles. The molecular weight excluding hydrogens is 224 g/mol. The maximum atomic E-state index is 11.1. The number of nitrogens with two attached hydrogens (primary N) is 1. The van der Waals surface area contributed by atoms with Crippen molar-refractivity contribution in [3.63, 3.8) is 0 Å². The zero-order chi connectivity index (χ0) is 13.0. The Morgan fingerprint density at radius 3 is 2.82 bits per heavy atom. The molecule has 1 aromatic heterocycles. The molecule has 6 heteroatoms. The lowest BCUT2D eigenvalue weighted by molar-refractivity contribution is -0.141. The van der Waals surface area contributed by atoms with Crippen LogP contribution in [0.25, 0.3) is 0 Å². The van der Waals surface area contributed by atoms with Crippen LogP contribution in [0.4, 0.5) is 0 Å². The van der Waals surface area contributed by atoms with Crippen molar-refractivity contribution in [3.8, 4) is 5.75 Å². The first-order valence-corrected chi connectivity index (χ1v) is 5.11. The van der Waals surface area contributed by atoms with Gasteiger partial charge in [0.15, 0.2) is 0 Å². The fraction of sp³-hybridized carbons (Fsp3) is 0.455. The van der Waals surface area contributed by atoms with Crippen LogP contribution in [-0.4, -0.2) is 28.3 Å². The van der Waals surface area contributed by atoms with Gasteiger partial charge in [0.05, 0.1) is 25.8 Å². The van der Waals surface area contributed by atoms with Crippen molar-refractivity contribution in [2.75, 3.05) is 7.11 Å². The van der Waals surface area contributed by atoms with Gasteiger partial charge in [-0.1, -0.05) is 0 Å².